The Balaban J connectivity index is 2.41. The lowest BCUT2D eigenvalue weighted by Gasteiger charge is -2.05. The Hall–Kier alpha value is -1.77. The highest BCUT2D eigenvalue weighted by Crippen LogP contribution is 2.19. The first-order valence-electron chi connectivity index (χ1n) is 5.06. The van der Waals surface area contributed by atoms with Crippen molar-refractivity contribution < 1.29 is 23.1 Å². The Labute approximate surface area is 103 Å². The van der Waals surface area contributed by atoms with E-state index in [2.05, 4.69) is 10.0 Å². The molecule has 8 heteroatoms. The Morgan fingerprint density at radius 1 is 1.17 bits per heavy atom. The van der Waals surface area contributed by atoms with Crippen LogP contribution in [0.2, 0.25) is 0 Å². The van der Waals surface area contributed by atoms with Crippen LogP contribution in [-0.4, -0.2) is 38.5 Å². The van der Waals surface area contributed by atoms with E-state index in [1.807, 2.05) is 0 Å². The number of nitrogens with one attached hydrogen (secondary N) is 2. The van der Waals surface area contributed by atoms with Gasteiger partial charge in [-0.3, -0.25) is 14.9 Å². The van der Waals surface area contributed by atoms with Crippen LogP contribution in [0.4, 0.5) is 0 Å². The first-order chi connectivity index (χ1) is 8.45. The van der Waals surface area contributed by atoms with Gasteiger partial charge in [0.15, 0.2) is 0 Å². The summed E-state index contributed by atoms with van der Waals surface area (Å²) in [6.45, 7) is -0.451. The maximum absolute atomic E-state index is 11.7. The lowest BCUT2D eigenvalue weighted by molar-refractivity contribution is 0.0879. The maximum Gasteiger partial charge on any atom is 0.258 e. The fourth-order valence-electron chi connectivity index (χ4n) is 1.58. The van der Waals surface area contributed by atoms with Gasteiger partial charge >= 0.3 is 0 Å². The minimum absolute atomic E-state index is 0.0341. The molecule has 3 N–H and O–H groups in total. The molecular weight excluding hydrogens is 260 g/mol. The second kappa shape index (κ2) is 4.48. The first kappa shape index (κ1) is 12.7. The molecule has 7 nitrogen and oxygen atoms in total. The van der Waals surface area contributed by atoms with Crippen molar-refractivity contribution in [1.29, 1.82) is 0 Å². The number of fused-ring (bicyclic) bond motifs is 1. The number of benzene rings is 1. The summed E-state index contributed by atoms with van der Waals surface area (Å²) in [5, 5.41) is 10.6. The lowest BCUT2D eigenvalue weighted by Crippen LogP contribution is -2.26. The van der Waals surface area contributed by atoms with Crippen LogP contribution in [0.3, 0.4) is 0 Å². The number of rotatable bonds is 4. The molecule has 0 saturated carbocycles. The Morgan fingerprint density at radius 2 is 1.83 bits per heavy atom. The van der Waals surface area contributed by atoms with Crippen LogP contribution in [0.25, 0.3) is 0 Å². The van der Waals surface area contributed by atoms with Gasteiger partial charge in [-0.15, -0.1) is 0 Å². The average Bonchev–Trinajstić information content (AvgIpc) is 2.62. The van der Waals surface area contributed by atoms with Crippen molar-refractivity contribution in [2.45, 2.75) is 4.90 Å². The number of aliphatic hydroxyl groups excluding tert-OH is 1. The third-order valence-electron chi connectivity index (χ3n) is 2.42. The van der Waals surface area contributed by atoms with Crippen LogP contribution in [0.1, 0.15) is 20.7 Å². The zero-order valence-electron chi connectivity index (χ0n) is 9.13. The summed E-state index contributed by atoms with van der Waals surface area (Å²) < 4.78 is 25.6. The van der Waals surface area contributed by atoms with Gasteiger partial charge in [0.1, 0.15) is 0 Å². The summed E-state index contributed by atoms with van der Waals surface area (Å²) in [7, 11) is -3.79. The van der Waals surface area contributed by atoms with E-state index >= 15 is 0 Å². The van der Waals surface area contributed by atoms with Gasteiger partial charge in [0, 0.05) is 6.54 Å². The normalized spacial score (nSPS) is 14.5. The molecule has 0 spiro atoms. The minimum Gasteiger partial charge on any atom is -0.395 e. The summed E-state index contributed by atoms with van der Waals surface area (Å²) in [5.41, 5.74) is 0.188. The number of carbonyl (C=O) groups excluding carboxylic acids is 2. The Morgan fingerprint density at radius 3 is 2.50 bits per heavy atom. The van der Waals surface area contributed by atoms with Gasteiger partial charge in [0.05, 0.1) is 22.6 Å². The molecule has 2 amide bonds. The quantitative estimate of drug-likeness (QED) is 0.597. The first-order valence-corrected chi connectivity index (χ1v) is 6.54. The molecular formula is C10H10N2O5S. The highest BCUT2D eigenvalue weighted by atomic mass is 32.2. The number of imide groups is 1. The van der Waals surface area contributed by atoms with Gasteiger partial charge in [-0.1, -0.05) is 0 Å². The Bertz CT molecular complexity index is 623. The number of sulfonamides is 1. The van der Waals surface area contributed by atoms with Crippen molar-refractivity contribution in [1.82, 2.24) is 10.0 Å². The van der Waals surface area contributed by atoms with Gasteiger partial charge in [0.25, 0.3) is 11.8 Å². The molecule has 18 heavy (non-hydrogen) atoms. The van der Waals surface area contributed by atoms with Crippen LogP contribution in [0.15, 0.2) is 23.1 Å². The monoisotopic (exact) mass is 270 g/mol. The predicted molar refractivity (Wildman–Crippen MR) is 60.5 cm³/mol. The Kier molecular flexibility index (Phi) is 3.16. The van der Waals surface area contributed by atoms with E-state index in [-0.39, 0.29) is 29.2 Å². The molecule has 1 aromatic carbocycles. The molecule has 1 aromatic rings. The fraction of sp³-hybridized carbons (Fsp3) is 0.200. The molecule has 1 heterocycles. The highest BCUT2D eigenvalue weighted by Gasteiger charge is 2.28. The molecule has 96 valence electrons. The van der Waals surface area contributed by atoms with E-state index in [1.54, 1.807) is 0 Å². The molecule has 0 bridgehead atoms. The largest absolute Gasteiger partial charge is 0.395 e. The SMILES string of the molecule is O=C1NC(=O)c2cc(S(=O)(=O)NCCO)ccc21. The fourth-order valence-corrected chi connectivity index (χ4v) is 2.62. The third kappa shape index (κ3) is 2.13. The van der Waals surface area contributed by atoms with E-state index in [9.17, 15) is 18.0 Å². The molecule has 0 aromatic heterocycles. The van der Waals surface area contributed by atoms with Crippen molar-refractivity contribution in [3.8, 4) is 0 Å². The van der Waals surface area contributed by atoms with E-state index in [1.165, 1.54) is 12.1 Å². The third-order valence-corrected chi connectivity index (χ3v) is 3.88. The lowest BCUT2D eigenvalue weighted by atomic mass is 10.1. The van der Waals surface area contributed by atoms with E-state index in [4.69, 9.17) is 5.11 Å². The van der Waals surface area contributed by atoms with E-state index < -0.39 is 21.8 Å². The van der Waals surface area contributed by atoms with Gasteiger partial charge in [-0.05, 0) is 18.2 Å². The predicted octanol–water partition coefficient (Wildman–Crippen LogP) is -1.16. The molecule has 0 saturated heterocycles. The summed E-state index contributed by atoms with van der Waals surface area (Å²) in [4.78, 5) is 22.5. The summed E-state index contributed by atoms with van der Waals surface area (Å²) in [6.07, 6.45) is 0. The number of aliphatic hydroxyl groups is 1. The van der Waals surface area contributed by atoms with Crippen LogP contribution < -0.4 is 10.0 Å². The van der Waals surface area contributed by atoms with Crippen LogP contribution >= 0.6 is 0 Å². The van der Waals surface area contributed by atoms with Crippen molar-refractivity contribution in [3.05, 3.63) is 29.3 Å². The standard InChI is InChI=1S/C10H10N2O5S/c13-4-3-11-18(16,17)6-1-2-7-8(5-6)10(15)12-9(7)14/h1-2,5,11,13H,3-4H2,(H,12,14,15). The zero-order chi connectivity index (χ0) is 13.3. The molecule has 0 radical (unpaired) electrons. The van der Waals surface area contributed by atoms with Crippen molar-refractivity contribution in [3.63, 3.8) is 0 Å². The molecule has 1 aliphatic rings. The average molecular weight is 270 g/mol. The van der Waals surface area contributed by atoms with E-state index in [0.717, 1.165) is 6.07 Å². The molecule has 0 unspecified atom stereocenters. The van der Waals surface area contributed by atoms with Gasteiger partial charge < -0.3 is 5.11 Å². The van der Waals surface area contributed by atoms with Crippen molar-refractivity contribution in [2.24, 2.45) is 0 Å². The van der Waals surface area contributed by atoms with Crippen molar-refractivity contribution >= 4 is 21.8 Å². The van der Waals surface area contributed by atoms with Crippen LogP contribution in [0, 0.1) is 0 Å². The minimum atomic E-state index is -3.79. The molecule has 2 rings (SSSR count). The second-order valence-corrected chi connectivity index (χ2v) is 5.38. The molecule has 0 fully saturated rings. The van der Waals surface area contributed by atoms with Gasteiger partial charge in [-0.2, -0.15) is 0 Å². The smallest absolute Gasteiger partial charge is 0.258 e. The molecule has 0 atom stereocenters. The number of hydrogen-bond donors (Lipinski definition) is 3. The summed E-state index contributed by atoms with van der Waals surface area (Å²) in [5.74, 6) is -1.16. The summed E-state index contributed by atoms with van der Waals surface area (Å²) >= 11 is 0. The van der Waals surface area contributed by atoms with Crippen LogP contribution in [-0.2, 0) is 10.0 Å². The number of carbonyl (C=O) groups is 2. The van der Waals surface area contributed by atoms with Gasteiger partial charge in [0.2, 0.25) is 10.0 Å². The molecule has 1 aliphatic heterocycles. The molecule has 0 aliphatic carbocycles. The number of amides is 2. The van der Waals surface area contributed by atoms with Crippen molar-refractivity contribution in [2.75, 3.05) is 13.2 Å². The maximum atomic E-state index is 11.7. The summed E-state index contributed by atoms with van der Waals surface area (Å²) in [6, 6.07) is 3.65. The number of hydrogen-bond acceptors (Lipinski definition) is 5. The zero-order valence-corrected chi connectivity index (χ0v) is 9.95. The van der Waals surface area contributed by atoms with Gasteiger partial charge in [-0.25, -0.2) is 13.1 Å². The highest BCUT2D eigenvalue weighted by molar-refractivity contribution is 7.89. The topological polar surface area (TPSA) is 113 Å². The second-order valence-electron chi connectivity index (χ2n) is 3.61. The van der Waals surface area contributed by atoms with Crippen LogP contribution in [0.5, 0.6) is 0 Å². The van der Waals surface area contributed by atoms with E-state index in [0.29, 0.717) is 0 Å².